The van der Waals surface area contributed by atoms with Crippen LogP contribution in [0.4, 0.5) is 0 Å². The molecule has 2 saturated heterocycles. The molecule has 1 amide bonds. The summed E-state index contributed by atoms with van der Waals surface area (Å²) in [5.41, 5.74) is 0.353. The second-order valence-corrected chi connectivity index (χ2v) is 6.01. The molecular weight excluding hydrogens is 298 g/mol. The smallest absolute Gasteiger partial charge is 0.334 e. The summed E-state index contributed by atoms with van der Waals surface area (Å²) < 4.78 is 10.7. The number of amides is 1. The molecule has 6 nitrogen and oxygen atoms in total. The minimum Gasteiger partial charge on any atom is -0.479 e. The Morgan fingerprint density at radius 1 is 1.13 bits per heavy atom. The summed E-state index contributed by atoms with van der Waals surface area (Å²) in [6.07, 6.45) is 0.288. The Morgan fingerprint density at radius 3 is 2.48 bits per heavy atom. The van der Waals surface area contributed by atoms with E-state index >= 15 is 0 Å². The van der Waals surface area contributed by atoms with Gasteiger partial charge in [0.1, 0.15) is 0 Å². The van der Waals surface area contributed by atoms with E-state index in [0.717, 1.165) is 5.56 Å². The number of nitrogens with zero attached hydrogens (tertiary/aromatic N) is 1. The first-order valence-corrected chi connectivity index (χ1v) is 7.90. The predicted octanol–water partition coefficient (Wildman–Crippen LogP) is 1.05. The van der Waals surface area contributed by atoms with Crippen molar-refractivity contribution >= 4 is 11.9 Å². The average Bonchev–Trinajstić information content (AvgIpc) is 2.62. The molecule has 124 valence electrons. The van der Waals surface area contributed by atoms with Gasteiger partial charge in [-0.3, -0.25) is 4.79 Å². The molecular formula is C17H21NO5. The third-order valence-corrected chi connectivity index (χ3v) is 4.71. The molecule has 23 heavy (non-hydrogen) atoms. The number of carboxylic acid groups (broad SMARTS) is 1. The van der Waals surface area contributed by atoms with Crippen molar-refractivity contribution in [1.82, 2.24) is 4.90 Å². The molecule has 6 heteroatoms. The Labute approximate surface area is 135 Å². The molecule has 2 aliphatic heterocycles. The van der Waals surface area contributed by atoms with Crippen LogP contribution in [-0.4, -0.2) is 60.9 Å². The van der Waals surface area contributed by atoms with Crippen LogP contribution in [0, 0.1) is 0 Å². The van der Waals surface area contributed by atoms with E-state index < -0.39 is 17.5 Å². The number of morpholine rings is 1. The number of aliphatic carboxylic acids is 1. The number of carboxylic acids is 1. The lowest BCUT2D eigenvalue weighted by Gasteiger charge is -2.42. The van der Waals surface area contributed by atoms with Gasteiger partial charge in [-0.1, -0.05) is 30.3 Å². The van der Waals surface area contributed by atoms with Crippen LogP contribution in [0.5, 0.6) is 0 Å². The zero-order valence-corrected chi connectivity index (χ0v) is 12.9. The lowest BCUT2D eigenvalue weighted by Crippen LogP contribution is -2.56. The summed E-state index contributed by atoms with van der Waals surface area (Å²) in [4.78, 5) is 26.1. The van der Waals surface area contributed by atoms with E-state index in [1.165, 1.54) is 0 Å². The van der Waals surface area contributed by atoms with Crippen molar-refractivity contribution in [1.29, 1.82) is 0 Å². The number of carbonyl (C=O) groups excluding carboxylic acids is 1. The van der Waals surface area contributed by atoms with Gasteiger partial charge in [0.25, 0.3) is 0 Å². The van der Waals surface area contributed by atoms with Gasteiger partial charge in [0.05, 0.1) is 18.6 Å². The van der Waals surface area contributed by atoms with Gasteiger partial charge in [0.2, 0.25) is 5.91 Å². The number of benzene rings is 1. The lowest BCUT2D eigenvalue weighted by molar-refractivity contribution is -0.162. The number of rotatable bonds is 3. The van der Waals surface area contributed by atoms with Crippen LogP contribution in [0.15, 0.2) is 30.3 Å². The van der Waals surface area contributed by atoms with Gasteiger partial charge in [-0.15, -0.1) is 0 Å². The Kier molecular flexibility index (Phi) is 4.63. The second kappa shape index (κ2) is 6.68. The van der Waals surface area contributed by atoms with Gasteiger partial charge in [0, 0.05) is 19.8 Å². The summed E-state index contributed by atoms with van der Waals surface area (Å²) in [5.74, 6) is -1.04. The van der Waals surface area contributed by atoms with Gasteiger partial charge in [0.15, 0.2) is 6.10 Å². The Balaban J connectivity index is 1.88. The number of carbonyl (C=O) groups is 2. The van der Waals surface area contributed by atoms with E-state index in [2.05, 4.69) is 0 Å². The Morgan fingerprint density at radius 2 is 1.83 bits per heavy atom. The van der Waals surface area contributed by atoms with Gasteiger partial charge >= 0.3 is 5.97 Å². The highest BCUT2D eigenvalue weighted by molar-refractivity contribution is 5.89. The number of hydrogen-bond acceptors (Lipinski definition) is 4. The molecule has 2 heterocycles. The Bertz CT molecular complexity index is 568. The monoisotopic (exact) mass is 319 g/mol. The van der Waals surface area contributed by atoms with Crippen molar-refractivity contribution in [3.05, 3.63) is 35.9 Å². The maximum atomic E-state index is 13.3. The van der Waals surface area contributed by atoms with Crippen LogP contribution in [0.1, 0.15) is 18.4 Å². The molecule has 1 N–H and O–H groups in total. The summed E-state index contributed by atoms with van der Waals surface area (Å²) >= 11 is 0. The fourth-order valence-electron chi connectivity index (χ4n) is 3.39. The molecule has 3 rings (SSSR count). The fraction of sp³-hybridized carbons (Fsp3) is 0.529. The van der Waals surface area contributed by atoms with Crippen LogP contribution in [0.2, 0.25) is 0 Å². The third-order valence-electron chi connectivity index (χ3n) is 4.71. The molecule has 1 unspecified atom stereocenters. The van der Waals surface area contributed by atoms with E-state index in [1.807, 2.05) is 30.3 Å². The fourth-order valence-corrected chi connectivity index (χ4v) is 3.39. The van der Waals surface area contributed by atoms with Crippen molar-refractivity contribution < 1.29 is 24.2 Å². The van der Waals surface area contributed by atoms with E-state index in [0.29, 0.717) is 32.6 Å². The highest BCUT2D eigenvalue weighted by Gasteiger charge is 2.45. The topological polar surface area (TPSA) is 76.1 Å². The molecule has 0 spiro atoms. The molecule has 0 radical (unpaired) electrons. The van der Waals surface area contributed by atoms with Crippen LogP contribution < -0.4 is 0 Å². The standard InChI is InChI=1S/C17H21NO5/c19-15(20)14-12-18(8-11-23-14)16(21)17(6-9-22-10-7-17)13-4-2-1-3-5-13/h1-5,14H,6-12H2,(H,19,20). The van der Waals surface area contributed by atoms with Crippen LogP contribution in [0.3, 0.4) is 0 Å². The van der Waals surface area contributed by atoms with Crippen LogP contribution in [0.25, 0.3) is 0 Å². The number of ether oxygens (including phenoxy) is 2. The zero-order valence-electron chi connectivity index (χ0n) is 12.9. The highest BCUT2D eigenvalue weighted by atomic mass is 16.5. The predicted molar refractivity (Wildman–Crippen MR) is 82.1 cm³/mol. The lowest BCUT2D eigenvalue weighted by atomic mass is 9.73. The highest BCUT2D eigenvalue weighted by Crippen LogP contribution is 2.37. The molecule has 1 aromatic rings. The zero-order chi connectivity index (χ0) is 16.3. The van der Waals surface area contributed by atoms with Gasteiger partial charge in [-0.2, -0.15) is 0 Å². The quantitative estimate of drug-likeness (QED) is 0.901. The van der Waals surface area contributed by atoms with E-state index in [4.69, 9.17) is 14.6 Å². The first kappa shape index (κ1) is 16.0. The summed E-state index contributed by atoms with van der Waals surface area (Å²) in [5, 5.41) is 9.15. The molecule has 0 bridgehead atoms. The van der Waals surface area contributed by atoms with Crippen molar-refractivity contribution in [2.45, 2.75) is 24.4 Å². The molecule has 2 fully saturated rings. The summed E-state index contributed by atoms with van der Waals surface area (Å²) in [7, 11) is 0. The molecule has 1 aromatic carbocycles. The minimum absolute atomic E-state index is 0.0125. The SMILES string of the molecule is O=C(O)C1CN(C(=O)C2(c3ccccc3)CCOCC2)CCO1. The first-order chi connectivity index (χ1) is 11.1. The summed E-state index contributed by atoms with van der Waals surface area (Å²) in [6.45, 7) is 1.85. The third kappa shape index (κ3) is 3.09. The number of hydrogen-bond donors (Lipinski definition) is 1. The van der Waals surface area contributed by atoms with Crippen molar-refractivity contribution in [2.24, 2.45) is 0 Å². The Hall–Kier alpha value is -1.92. The van der Waals surface area contributed by atoms with Crippen molar-refractivity contribution in [3.8, 4) is 0 Å². The van der Waals surface area contributed by atoms with Gasteiger partial charge in [-0.25, -0.2) is 4.79 Å². The maximum Gasteiger partial charge on any atom is 0.334 e. The second-order valence-electron chi connectivity index (χ2n) is 6.01. The first-order valence-electron chi connectivity index (χ1n) is 7.90. The van der Waals surface area contributed by atoms with Gasteiger partial charge in [-0.05, 0) is 18.4 Å². The molecule has 2 aliphatic rings. The molecule has 1 atom stereocenters. The molecule has 0 saturated carbocycles. The van der Waals surface area contributed by atoms with E-state index in [-0.39, 0.29) is 19.1 Å². The van der Waals surface area contributed by atoms with Crippen molar-refractivity contribution in [2.75, 3.05) is 32.9 Å². The van der Waals surface area contributed by atoms with E-state index in [9.17, 15) is 9.59 Å². The van der Waals surface area contributed by atoms with Crippen LogP contribution >= 0.6 is 0 Å². The molecule has 0 aromatic heterocycles. The average molecular weight is 319 g/mol. The largest absolute Gasteiger partial charge is 0.479 e. The van der Waals surface area contributed by atoms with Crippen molar-refractivity contribution in [3.63, 3.8) is 0 Å². The maximum absolute atomic E-state index is 13.3. The van der Waals surface area contributed by atoms with Crippen LogP contribution in [-0.2, 0) is 24.5 Å². The van der Waals surface area contributed by atoms with E-state index in [1.54, 1.807) is 4.90 Å². The van der Waals surface area contributed by atoms with Gasteiger partial charge < -0.3 is 19.5 Å². The minimum atomic E-state index is -1.02. The molecule has 0 aliphatic carbocycles. The summed E-state index contributed by atoms with van der Waals surface area (Å²) in [6, 6.07) is 9.73. The normalized spacial score (nSPS) is 24.2.